The molecule has 0 aliphatic rings. The van der Waals surface area contributed by atoms with Gasteiger partial charge in [0.1, 0.15) is 11.4 Å². The summed E-state index contributed by atoms with van der Waals surface area (Å²) in [6.07, 6.45) is 0.710. The van der Waals surface area contributed by atoms with Gasteiger partial charge in [0.2, 0.25) is 0 Å². The first-order valence-corrected chi connectivity index (χ1v) is 5.62. The van der Waals surface area contributed by atoms with Crippen molar-refractivity contribution in [3.8, 4) is 5.75 Å². The van der Waals surface area contributed by atoms with Crippen molar-refractivity contribution in [3.05, 3.63) is 28.3 Å². The lowest BCUT2D eigenvalue weighted by Gasteiger charge is -2.22. The van der Waals surface area contributed by atoms with Gasteiger partial charge in [-0.15, -0.1) is 0 Å². The van der Waals surface area contributed by atoms with Crippen LogP contribution in [-0.2, 0) is 4.74 Å². The number of ether oxygens (including phenoxy) is 1. The number of rotatable bonds is 6. The predicted octanol–water partition coefficient (Wildman–Crippen LogP) is 2.53. The minimum atomic E-state index is -0.524. The van der Waals surface area contributed by atoms with Crippen molar-refractivity contribution in [2.24, 2.45) is 0 Å². The molecule has 0 radical (unpaired) electrons. The van der Waals surface area contributed by atoms with Crippen molar-refractivity contribution in [1.82, 2.24) is 0 Å². The van der Waals surface area contributed by atoms with Gasteiger partial charge in [-0.2, -0.15) is 0 Å². The van der Waals surface area contributed by atoms with E-state index < -0.39 is 4.92 Å². The normalized spacial score (nSPS) is 11.3. The molecule has 0 aliphatic carbocycles. The molecule has 0 saturated carbocycles. The number of methoxy groups -OCH3 is 1. The molecule has 0 heterocycles. The van der Waals surface area contributed by atoms with Crippen molar-refractivity contribution in [2.45, 2.75) is 25.9 Å². The van der Waals surface area contributed by atoms with E-state index in [1.54, 1.807) is 7.11 Å². The summed E-state index contributed by atoms with van der Waals surface area (Å²) in [5.74, 6) is -0.121. The molecule has 0 spiro atoms. The Morgan fingerprint density at radius 1 is 1.50 bits per heavy atom. The first-order valence-electron chi connectivity index (χ1n) is 5.62. The van der Waals surface area contributed by atoms with Crippen LogP contribution in [0.1, 0.15) is 20.3 Å². The van der Waals surface area contributed by atoms with Crippen molar-refractivity contribution < 1.29 is 14.8 Å². The molecule has 18 heavy (non-hydrogen) atoms. The monoisotopic (exact) mass is 254 g/mol. The van der Waals surface area contributed by atoms with Gasteiger partial charge < -0.3 is 15.2 Å². The number of benzene rings is 1. The maximum absolute atomic E-state index is 10.8. The molecule has 2 N–H and O–H groups in total. The Bertz CT molecular complexity index is 432. The molecule has 1 rings (SSSR count). The first kappa shape index (κ1) is 14.2. The van der Waals surface area contributed by atoms with Crippen molar-refractivity contribution in [2.75, 3.05) is 19.0 Å². The van der Waals surface area contributed by atoms with Crippen LogP contribution < -0.4 is 5.32 Å². The van der Waals surface area contributed by atoms with E-state index >= 15 is 0 Å². The molecule has 1 aromatic rings. The predicted molar refractivity (Wildman–Crippen MR) is 69.0 cm³/mol. The molecular formula is C12H18N2O4. The highest BCUT2D eigenvalue weighted by Gasteiger charge is 2.18. The average molecular weight is 254 g/mol. The molecule has 1 aromatic carbocycles. The molecule has 0 atom stereocenters. The van der Waals surface area contributed by atoms with Crippen LogP contribution in [0.4, 0.5) is 11.4 Å². The third-order valence-electron chi connectivity index (χ3n) is 2.77. The summed E-state index contributed by atoms with van der Waals surface area (Å²) in [5, 5.41) is 23.0. The number of anilines is 1. The van der Waals surface area contributed by atoms with Crippen molar-refractivity contribution >= 4 is 11.4 Å². The highest BCUT2D eigenvalue weighted by atomic mass is 16.6. The summed E-state index contributed by atoms with van der Waals surface area (Å²) in [4.78, 5) is 10.3. The molecule has 0 unspecified atom stereocenters. The summed E-state index contributed by atoms with van der Waals surface area (Å²) in [7, 11) is 1.63. The van der Waals surface area contributed by atoms with Gasteiger partial charge in [-0.05, 0) is 32.4 Å². The Labute approximate surface area is 106 Å². The van der Waals surface area contributed by atoms with Gasteiger partial charge in [0.15, 0.2) is 0 Å². The van der Waals surface area contributed by atoms with Gasteiger partial charge in [0.05, 0.1) is 16.6 Å². The average Bonchev–Trinajstić information content (AvgIpc) is 2.30. The van der Waals surface area contributed by atoms with Gasteiger partial charge in [-0.1, -0.05) is 0 Å². The summed E-state index contributed by atoms with van der Waals surface area (Å²) in [6, 6.07) is 4.04. The Morgan fingerprint density at radius 2 is 2.17 bits per heavy atom. The summed E-state index contributed by atoms with van der Waals surface area (Å²) >= 11 is 0. The maximum atomic E-state index is 10.8. The van der Waals surface area contributed by atoms with E-state index in [9.17, 15) is 15.2 Å². The SMILES string of the molecule is COC(C)(C)CCNc1ccc(O)cc1[N+](=O)[O-]. The summed E-state index contributed by atoms with van der Waals surface area (Å²) < 4.78 is 5.26. The topological polar surface area (TPSA) is 84.6 Å². The Kier molecular flexibility index (Phi) is 4.49. The van der Waals surface area contributed by atoms with Crippen LogP contribution in [0.5, 0.6) is 5.75 Å². The van der Waals surface area contributed by atoms with Crippen molar-refractivity contribution in [3.63, 3.8) is 0 Å². The zero-order valence-electron chi connectivity index (χ0n) is 10.8. The molecule has 0 fully saturated rings. The lowest BCUT2D eigenvalue weighted by atomic mass is 10.1. The largest absolute Gasteiger partial charge is 0.508 e. The van der Waals surface area contributed by atoms with Crippen LogP contribution in [0.3, 0.4) is 0 Å². The Balaban J connectivity index is 2.70. The quantitative estimate of drug-likeness (QED) is 0.463. The summed E-state index contributed by atoms with van der Waals surface area (Å²) in [5.41, 5.74) is -0.0199. The van der Waals surface area contributed by atoms with E-state index in [1.165, 1.54) is 12.1 Å². The van der Waals surface area contributed by atoms with E-state index in [1.807, 2.05) is 13.8 Å². The molecule has 0 aliphatic heterocycles. The zero-order chi connectivity index (χ0) is 13.8. The van der Waals surface area contributed by atoms with Gasteiger partial charge in [-0.3, -0.25) is 10.1 Å². The number of nitrogens with one attached hydrogen (secondary N) is 1. The van der Waals surface area contributed by atoms with E-state index in [0.717, 1.165) is 6.07 Å². The maximum Gasteiger partial charge on any atom is 0.296 e. The fourth-order valence-electron chi connectivity index (χ4n) is 1.42. The number of aromatic hydroxyl groups is 1. The second-order valence-corrected chi connectivity index (χ2v) is 4.60. The molecular weight excluding hydrogens is 236 g/mol. The first-order chi connectivity index (χ1) is 8.35. The minimum absolute atomic E-state index is 0.121. The highest BCUT2D eigenvalue weighted by molar-refractivity contribution is 5.63. The second-order valence-electron chi connectivity index (χ2n) is 4.60. The molecule has 6 nitrogen and oxygen atoms in total. The molecule has 0 amide bonds. The van der Waals surface area contributed by atoms with Crippen LogP contribution in [-0.4, -0.2) is 29.3 Å². The fraction of sp³-hybridized carbons (Fsp3) is 0.500. The van der Waals surface area contributed by atoms with Crippen molar-refractivity contribution in [1.29, 1.82) is 0 Å². The molecule has 0 saturated heterocycles. The van der Waals surface area contributed by atoms with Gasteiger partial charge >= 0.3 is 0 Å². The second kappa shape index (κ2) is 5.68. The van der Waals surface area contributed by atoms with Gasteiger partial charge in [0.25, 0.3) is 5.69 Å². The van der Waals surface area contributed by atoms with E-state index in [4.69, 9.17) is 4.74 Å². The minimum Gasteiger partial charge on any atom is -0.508 e. The van der Waals surface area contributed by atoms with Gasteiger partial charge in [0, 0.05) is 13.7 Å². The zero-order valence-corrected chi connectivity index (χ0v) is 10.8. The molecule has 100 valence electrons. The van der Waals surface area contributed by atoms with Crippen LogP contribution in [0.2, 0.25) is 0 Å². The number of hydrogen-bond acceptors (Lipinski definition) is 5. The number of phenolic OH excluding ortho intramolecular Hbond substituents is 1. The lowest BCUT2D eigenvalue weighted by molar-refractivity contribution is -0.384. The van der Waals surface area contributed by atoms with Gasteiger partial charge in [-0.25, -0.2) is 0 Å². The van der Waals surface area contributed by atoms with E-state index in [0.29, 0.717) is 18.7 Å². The molecule has 6 heteroatoms. The third kappa shape index (κ3) is 3.89. The van der Waals surface area contributed by atoms with Crippen LogP contribution in [0.25, 0.3) is 0 Å². The Hall–Kier alpha value is -1.82. The van der Waals surface area contributed by atoms with E-state index in [2.05, 4.69) is 5.32 Å². The number of phenols is 1. The fourth-order valence-corrected chi connectivity index (χ4v) is 1.42. The number of nitro groups is 1. The standard InChI is InChI=1S/C12H18N2O4/c1-12(2,18-3)6-7-13-10-5-4-9(15)8-11(10)14(16)17/h4-5,8,13,15H,6-7H2,1-3H3. The number of nitro benzene ring substituents is 1. The highest BCUT2D eigenvalue weighted by Crippen LogP contribution is 2.28. The number of nitrogens with zero attached hydrogens (tertiary/aromatic N) is 1. The molecule has 0 aromatic heterocycles. The number of hydrogen-bond donors (Lipinski definition) is 2. The van der Waals surface area contributed by atoms with E-state index in [-0.39, 0.29) is 17.0 Å². The van der Waals surface area contributed by atoms with Crippen LogP contribution >= 0.6 is 0 Å². The van der Waals surface area contributed by atoms with Crippen LogP contribution in [0, 0.1) is 10.1 Å². The smallest absolute Gasteiger partial charge is 0.296 e. The summed E-state index contributed by atoms with van der Waals surface area (Å²) in [6.45, 7) is 4.44. The van der Waals surface area contributed by atoms with Crippen LogP contribution in [0.15, 0.2) is 18.2 Å². The third-order valence-corrected chi connectivity index (χ3v) is 2.77. The molecule has 0 bridgehead atoms. The Morgan fingerprint density at radius 3 is 2.72 bits per heavy atom. The lowest BCUT2D eigenvalue weighted by Crippen LogP contribution is -2.25.